The third kappa shape index (κ3) is 3.16. The molecule has 0 saturated heterocycles. The molecule has 1 N–H and O–H groups in total. The van der Waals surface area contributed by atoms with E-state index >= 15 is 0 Å². The molecule has 3 rings (SSSR count). The lowest BCUT2D eigenvalue weighted by Gasteiger charge is -2.20. The molecule has 0 unspecified atom stereocenters. The maximum atomic E-state index is 12.3. The zero-order valence-corrected chi connectivity index (χ0v) is 15.0. The number of hydrogen-bond acceptors (Lipinski definition) is 4. The number of halogens is 1. The Bertz CT molecular complexity index is 778. The van der Waals surface area contributed by atoms with Crippen LogP contribution < -0.4 is 0 Å². The van der Waals surface area contributed by atoms with E-state index in [1.165, 1.54) is 16.8 Å². The molecule has 1 amide bonds. The van der Waals surface area contributed by atoms with Crippen LogP contribution in [0.5, 0.6) is 0 Å². The monoisotopic (exact) mass is 360 g/mol. The fourth-order valence-corrected chi connectivity index (χ4v) is 3.82. The van der Waals surface area contributed by atoms with Crippen LogP contribution in [0.4, 0.5) is 0 Å². The number of fused-ring (bicyclic) bond motifs is 1. The lowest BCUT2D eigenvalue weighted by atomic mass is 10.1. The van der Waals surface area contributed by atoms with Crippen LogP contribution in [0.1, 0.15) is 32.3 Å². The predicted molar refractivity (Wildman–Crippen MR) is 101 cm³/mol. The highest BCUT2D eigenvalue weighted by atomic mass is 35.5. The Labute approximate surface area is 150 Å². The molecule has 0 spiro atoms. The van der Waals surface area contributed by atoms with Crippen molar-refractivity contribution in [2.24, 2.45) is 16.0 Å². The van der Waals surface area contributed by atoms with E-state index in [0.717, 1.165) is 23.4 Å². The summed E-state index contributed by atoms with van der Waals surface area (Å²) < 4.78 is 0. The van der Waals surface area contributed by atoms with Crippen molar-refractivity contribution >= 4 is 51.4 Å². The molecule has 7 heteroatoms. The van der Waals surface area contributed by atoms with Crippen molar-refractivity contribution in [1.82, 2.24) is 5.01 Å². The van der Waals surface area contributed by atoms with Crippen molar-refractivity contribution in [3.05, 3.63) is 40.4 Å². The van der Waals surface area contributed by atoms with Crippen LogP contribution in [-0.2, 0) is 4.79 Å². The van der Waals surface area contributed by atoms with Crippen LogP contribution in [0.15, 0.2) is 39.9 Å². The highest BCUT2D eigenvalue weighted by molar-refractivity contribution is 8.27. The lowest BCUT2D eigenvalue weighted by Crippen LogP contribution is -2.35. The van der Waals surface area contributed by atoms with Crippen LogP contribution >= 0.6 is 23.4 Å². The first-order valence-electron chi connectivity index (χ1n) is 7.79. The van der Waals surface area contributed by atoms with Gasteiger partial charge in [-0.2, -0.15) is 15.1 Å². The average molecular weight is 361 g/mol. The summed E-state index contributed by atoms with van der Waals surface area (Å²) >= 11 is 7.27. The zero-order valence-electron chi connectivity index (χ0n) is 13.4. The first-order chi connectivity index (χ1) is 11.5. The van der Waals surface area contributed by atoms with E-state index in [2.05, 4.69) is 23.9 Å². The Kier molecular flexibility index (Phi) is 4.87. The van der Waals surface area contributed by atoms with Crippen molar-refractivity contribution in [1.29, 1.82) is 5.41 Å². The zero-order chi connectivity index (χ0) is 17.3. The molecule has 5 nitrogen and oxygen atoms in total. The smallest absolute Gasteiger partial charge is 0.282 e. The van der Waals surface area contributed by atoms with Gasteiger partial charge in [-0.15, -0.1) is 0 Å². The standard InChI is InChI=1S/C17H17ClN4OS/c1-3-11(4-2)16-21-22-14(19)13(15(23)20-17(22)24-16)9-10-5-7-12(18)8-6-10/h5-9,11,19H,3-4H2,1-2H3/b13-9+,19-14?. The summed E-state index contributed by atoms with van der Waals surface area (Å²) in [4.78, 5) is 16.4. The first kappa shape index (κ1) is 16.9. The van der Waals surface area contributed by atoms with Crippen molar-refractivity contribution in [3.63, 3.8) is 0 Å². The number of nitrogens with zero attached hydrogens (tertiary/aromatic N) is 3. The van der Waals surface area contributed by atoms with Crippen LogP contribution in [0, 0.1) is 11.3 Å². The number of carbonyl (C=O) groups is 1. The molecule has 2 heterocycles. The van der Waals surface area contributed by atoms with E-state index in [9.17, 15) is 4.79 Å². The number of benzene rings is 1. The van der Waals surface area contributed by atoms with Gasteiger partial charge in [0, 0.05) is 10.9 Å². The maximum absolute atomic E-state index is 12.3. The largest absolute Gasteiger partial charge is 0.283 e. The Morgan fingerprint density at radius 1 is 1.29 bits per heavy atom. The number of hydrogen-bond donors (Lipinski definition) is 1. The van der Waals surface area contributed by atoms with Gasteiger partial charge in [0.1, 0.15) is 5.04 Å². The fourth-order valence-electron chi connectivity index (χ4n) is 2.54. The maximum Gasteiger partial charge on any atom is 0.283 e. The summed E-state index contributed by atoms with van der Waals surface area (Å²) in [7, 11) is 0. The molecule has 124 valence electrons. The van der Waals surface area contributed by atoms with Gasteiger partial charge in [0.05, 0.1) is 5.57 Å². The molecule has 1 aromatic rings. The minimum atomic E-state index is -0.408. The number of nitrogens with one attached hydrogen (secondary N) is 1. The molecule has 0 saturated carbocycles. The number of hydrazone groups is 1. The first-order valence-corrected chi connectivity index (χ1v) is 8.98. The number of rotatable bonds is 4. The topological polar surface area (TPSA) is 68.9 Å². The van der Waals surface area contributed by atoms with Gasteiger partial charge in [0.25, 0.3) is 5.91 Å². The van der Waals surface area contributed by atoms with Crippen molar-refractivity contribution in [2.45, 2.75) is 26.7 Å². The Morgan fingerprint density at radius 2 is 1.96 bits per heavy atom. The SMILES string of the molecule is CCC(CC)C1=NN2C(=N)/C(=C\c3ccc(Cl)cc3)C(=O)N=C2S1. The van der Waals surface area contributed by atoms with Gasteiger partial charge in [-0.1, -0.05) is 37.6 Å². The third-order valence-corrected chi connectivity index (χ3v) is 5.31. The van der Waals surface area contributed by atoms with Gasteiger partial charge in [-0.25, -0.2) is 0 Å². The molecule has 0 radical (unpaired) electrons. The van der Waals surface area contributed by atoms with Gasteiger partial charge < -0.3 is 0 Å². The molecule has 0 atom stereocenters. The van der Waals surface area contributed by atoms with E-state index in [1.54, 1.807) is 30.3 Å². The summed E-state index contributed by atoms with van der Waals surface area (Å²) in [5, 5.41) is 16.3. The fraction of sp³-hybridized carbons (Fsp3) is 0.294. The highest BCUT2D eigenvalue weighted by Crippen LogP contribution is 2.32. The molecule has 1 aromatic carbocycles. The second-order valence-corrected chi connectivity index (χ2v) is 6.95. The van der Waals surface area contributed by atoms with Gasteiger partial charge >= 0.3 is 0 Å². The number of aliphatic imine (C=N–C) groups is 1. The normalized spacial score (nSPS) is 19.0. The van der Waals surface area contributed by atoms with Crippen LogP contribution in [0.3, 0.4) is 0 Å². The van der Waals surface area contributed by atoms with Gasteiger partial charge in [0.2, 0.25) is 5.17 Å². The van der Waals surface area contributed by atoms with E-state index in [4.69, 9.17) is 17.0 Å². The average Bonchev–Trinajstić information content (AvgIpc) is 2.98. The molecule has 0 aromatic heterocycles. The number of amides is 1. The minimum Gasteiger partial charge on any atom is -0.282 e. The number of amidine groups is 2. The second kappa shape index (κ2) is 6.91. The van der Waals surface area contributed by atoms with Crippen molar-refractivity contribution < 1.29 is 4.79 Å². The van der Waals surface area contributed by atoms with E-state index in [-0.39, 0.29) is 11.4 Å². The predicted octanol–water partition coefficient (Wildman–Crippen LogP) is 4.40. The lowest BCUT2D eigenvalue weighted by molar-refractivity contribution is -0.114. The van der Waals surface area contributed by atoms with Crippen LogP contribution in [0.2, 0.25) is 5.02 Å². The van der Waals surface area contributed by atoms with E-state index in [0.29, 0.717) is 16.1 Å². The second-order valence-electron chi connectivity index (χ2n) is 5.52. The summed E-state index contributed by atoms with van der Waals surface area (Å²) in [5.41, 5.74) is 1.03. The Balaban J connectivity index is 1.93. The molecule has 0 aliphatic carbocycles. The van der Waals surface area contributed by atoms with E-state index < -0.39 is 5.91 Å². The third-order valence-electron chi connectivity index (χ3n) is 3.99. The molecule has 0 bridgehead atoms. The summed E-state index contributed by atoms with van der Waals surface area (Å²) in [6, 6.07) is 7.09. The Morgan fingerprint density at radius 3 is 2.58 bits per heavy atom. The summed E-state index contributed by atoms with van der Waals surface area (Å²) in [6.45, 7) is 4.22. The van der Waals surface area contributed by atoms with Crippen LogP contribution in [0.25, 0.3) is 6.08 Å². The van der Waals surface area contributed by atoms with E-state index in [1.807, 2.05) is 0 Å². The molecule has 2 aliphatic rings. The van der Waals surface area contributed by atoms with Crippen molar-refractivity contribution in [3.8, 4) is 0 Å². The molecular weight excluding hydrogens is 344 g/mol. The number of carbonyl (C=O) groups excluding carboxylic acids is 1. The molecule has 0 fully saturated rings. The van der Waals surface area contributed by atoms with Gasteiger partial charge in [-0.05, 0) is 48.4 Å². The summed E-state index contributed by atoms with van der Waals surface area (Å²) in [6.07, 6.45) is 3.59. The van der Waals surface area contributed by atoms with Crippen molar-refractivity contribution in [2.75, 3.05) is 0 Å². The Hall–Kier alpha value is -1.92. The number of thioether (sulfide) groups is 1. The quantitative estimate of drug-likeness (QED) is 0.809. The molecule has 24 heavy (non-hydrogen) atoms. The highest BCUT2D eigenvalue weighted by Gasteiger charge is 2.37. The summed E-state index contributed by atoms with van der Waals surface area (Å²) in [5.74, 6) is -0.0157. The minimum absolute atomic E-state index is 0.0633. The van der Waals surface area contributed by atoms with Crippen LogP contribution in [-0.4, -0.2) is 27.0 Å². The van der Waals surface area contributed by atoms with Gasteiger partial charge in [0.15, 0.2) is 5.84 Å². The van der Waals surface area contributed by atoms with Gasteiger partial charge in [-0.3, -0.25) is 10.2 Å². The molecule has 2 aliphatic heterocycles. The molecular formula is C17H17ClN4OS.